The van der Waals surface area contributed by atoms with E-state index in [1.54, 1.807) is 71.6 Å². The average molecular weight is 600 g/mol. The van der Waals surface area contributed by atoms with Crippen molar-refractivity contribution < 1.29 is 9.53 Å². The molecule has 0 aliphatic carbocycles. The Bertz CT molecular complexity index is 1550. The van der Waals surface area contributed by atoms with Crippen LogP contribution in [-0.4, -0.2) is 11.1 Å². The van der Waals surface area contributed by atoms with E-state index in [1.165, 1.54) is 11.8 Å². The van der Waals surface area contributed by atoms with Gasteiger partial charge in [0.1, 0.15) is 12.4 Å². The van der Waals surface area contributed by atoms with Crippen molar-refractivity contribution in [1.82, 2.24) is 0 Å². The van der Waals surface area contributed by atoms with Crippen LogP contribution in [0.4, 0.5) is 11.4 Å². The first-order valence-corrected chi connectivity index (χ1v) is 13.7. The molecule has 38 heavy (non-hydrogen) atoms. The van der Waals surface area contributed by atoms with E-state index in [9.17, 15) is 4.79 Å². The lowest BCUT2D eigenvalue weighted by Crippen LogP contribution is -2.28. The Labute approximate surface area is 244 Å². The molecule has 1 fully saturated rings. The number of ether oxygens (including phenoxy) is 1. The van der Waals surface area contributed by atoms with Crippen LogP contribution in [0.5, 0.6) is 5.75 Å². The van der Waals surface area contributed by atoms with Crippen LogP contribution in [0.15, 0.2) is 101 Å². The van der Waals surface area contributed by atoms with Gasteiger partial charge < -0.3 is 4.74 Å². The molecule has 0 radical (unpaired) electrons. The second kappa shape index (κ2) is 11.9. The molecule has 1 heterocycles. The van der Waals surface area contributed by atoms with Crippen LogP contribution in [0, 0.1) is 0 Å². The summed E-state index contributed by atoms with van der Waals surface area (Å²) in [5.41, 5.74) is 2.88. The van der Waals surface area contributed by atoms with E-state index in [4.69, 9.17) is 56.1 Å². The number of halogens is 4. The molecule has 190 valence electrons. The molecule has 0 spiro atoms. The van der Waals surface area contributed by atoms with Crippen molar-refractivity contribution >= 4 is 86.7 Å². The van der Waals surface area contributed by atoms with Crippen molar-refractivity contribution in [1.29, 1.82) is 0 Å². The van der Waals surface area contributed by atoms with E-state index in [0.29, 0.717) is 47.3 Å². The Morgan fingerprint density at radius 2 is 1.47 bits per heavy atom. The Kier molecular flexibility index (Phi) is 8.32. The highest BCUT2D eigenvalue weighted by Crippen LogP contribution is 2.39. The Morgan fingerprint density at radius 1 is 0.816 bits per heavy atom. The number of carbonyl (C=O) groups excluding carboxylic acids is 1. The standard InChI is InChI=1S/C29H18Cl4N2O2S/c30-20-7-11-23(12-8-20)34-29-35(24-13-9-21(31)10-14-24)28(36)27(38-29)15-18-3-1-2-4-26(18)37-17-19-5-6-22(32)16-25(19)33/h1-16H,17H2/b27-15-,34-29?. The predicted molar refractivity (Wildman–Crippen MR) is 160 cm³/mol. The summed E-state index contributed by atoms with van der Waals surface area (Å²) in [6.07, 6.45) is 1.80. The molecule has 0 atom stereocenters. The van der Waals surface area contributed by atoms with E-state index < -0.39 is 0 Å². The van der Waals surface area contributed by atoms with Gasteiger partial charge in [0.15, 0.2) is 5.17 Å². The highest BCUT2D eigenvalue weighted by atomic mass is 35.5. The molecule has 0 unspecified atom stereocenters. The zero-order chi connectivity index (χ0) is 26.6. The third-order valence-electron chi connectivity index (χ3n) is 5.55. The van der Waals surface area contributed by atoms with Gasteiger partial charge in [-0.15, -0.1) is 0 Å². The first-order valence-electron chi connectivity index (χ1n) is 11.4. The number of anilines is 1. The van der Waals surface area contributed by atoms with Crippen LogP contribution in [-0.2, 0) is 11.4 Å². The van der Waals surface area contributed by atoms with Crippen molar-refractivity contribution in [3.05, 3.63) is 127 Å². The summed E-state index contributed by atoms with van der Waals surface area (Å²) in [5.74, 6) is 0.404. The van der Waals surface area contributed by atoms with Gasteiger partial charge in [-0.2, -0.15) is 0 Å². The minimum atomic E-state index is -0.208. The fraction of sp³-hybridized carbons (Fsp3) is 0.0345. The topological polar surface area (TPSA) is 41.9 Å². The summed E-state index contributed by atoms with van der Waals surface area (Å²) < 4.78 is 6.08. The normalized spacial score (nSPS) is 15.5. The number of hydrogen-bond acceptors (Lipinski definition) is 4. The van der Waals surface area contributed by atoms with Crippen LogP contribution in [0.25, 0.3) is 6.08 Å². The van der Waals surface area contributed by atoms with Crippen molar-refractivity contribution in [2.75, 3.05) is 4.90 Å². The third kappa shape index (κ3) is 6.20. The van der Waals surface area contributed by atoms with Gasteiger partial charge in [-0.1, -0.05) is 70.7 Å². The number of amides is 1. The van der Waals surface area contributed by atoms with Gasteiger partial charge in [0.2, 0.25) is 0 Å². The zero-order valence-electron chi connectivity index (χ0n) is 19.6. The number of nitrogens with zero attached hydrogens (tertiary/aromatic N) is 2. The van der Waals surface area contributed by atoms with Gasteiger partial charge >= 0.3 is 0 Å². The van der Waals surface area contributed by atoms with Crippen LogP contribution in [0.1, 0.15) is 11.1 Å². The molecule has 0 bridgehead atoms. The molecule has 4 aromatic carbocycles. The van der Waals surface area contributed by atoms with Crippen molar-refractivity contribution in [2.24, 2.45) is 4.99 Å². The average Bonchev–Trinajstić information content (AvgIpc) is 3.20. The number of amidine groups is 1. The minimum Gasteiger partial charge on any atom is -0.488 e. The number of hydrogen-bond donors (Lipinski definition) is 0. The quantitative estimate of drug-likeness (QED) is 0.207. The van der Waals surface area contributed by atoms with E-state index in [2.05, 4.69) is 0 Å². The third-order valence-corrected chi connectivity index (χ3v) is 7.61. The summed E-state index contributed by atoms with van der Waals surface area (Å²) in [7, 11) is 0. The van der Waals surface area contributed by atoms with Gasteiger partial charge in [0, 0.05) is 31.2 Å². The number of thioether (sulfide) groups is 1. The van der Waals surface area contributed by atoms with Gasteiger partial charge in [0.25, 0.3) is 5.91 Å². The maximum absolute atomic E-state index is 13.6. The smallest absolute Gasteiger partial charge is 0.271 e. The predicted octanol–water partition coefficient (Wildman–Crippen LogP) is 9.69. The summed E-state index contributed by atoms with van der Waals surface area (Å²) in [4.78, 5) is 20.4. The van der Waals surface area contributed by atoms with Crippen molar-refractivity contribution in [3.8, 4) is 5.75 Å². The molecule has 0 N–H and O–H groups in total. The van der Waals surface area contributed by atoms with E-state index >= 15 is 0 Å². The van der Waals surface area contributed by atoms with Crippen molar-refractivity contribution in [3.63, 3.8) is 0 Å². The number of rotatable bonds is 6. The van der Waals surface area contributed by atoms with E-state index in [0.717, 1.165) is 11.1 Å². The largest absolute Gasteiger partial charge is 0.488 e. The summed E-state index contributed by atoms with van der Waals surface area (Å²) in [6, 6.07) is 26.9. The van der Waals surface area contributed by atoms with E-state index in [-0.39, 0.29) is 12.5 Å². The lowest BCUT2D eigenvalue weighted by Gasteiger charge is -2.15. The highest BCUT2D eigenvalue weighted by molar-refractivity contribution is 8.19. The Hall–Kier alpha value is -2.93. The summed E-state index contributed by atoms with van der Waals surface area (Å²) in [6.45, 7) is 0.247. The van der Waals surface area contributed by atoms with E-state index in [1.807, 2.05) is 30.3 Å². The second-order valence-corrected chi connectivity index (χ2v) is 10.9. The first-order chi connectivity index (χ1) is 18.4. The molecule has 4 nitrogen and oxygen atoms in total. The van der Waals surface area contributed by atoms with Crippen LogP contribution in [0.2, 0.25) is 20.1 Å². The van der Waals surface area contributed by atoms with Gasteiger partial charge in [-0.25, -0.2) is 4.99 Å². The molecule has 4 aromatic rings. The number of para-hydroxylation sites is 1. The Balaban J connectivity index is 1.48. The van der Waals surface area contributed by atoms with Gasteiger partial charge in [-0.05, 0) is 84.6 Å². The van der Waals surface area contributed by atoms with Crippen molar-refractivity contribution in [2.45, 2.75) is 6.61 Å². The fourth-order valence-corrected chi connectivity index (χ4v) is 5.37. The van der Waals surface area contributed by atoms with Gasteiger partial charge in [-0.3, -0.25) is 9.69 Å². The van der Waals surface area contributed by atoms with Gasteiger partial charge in [0.05, 0.1) is 16.3 Å². The Morgan fingerprint density at radius 3 is 2.18 bits per heavy atom. The molecule has 5 rings (SSSR count). The summed E-state index contributed by atoms with van der Waals surface area (Å²) in [5, 5.41) is 2.78. The molecular weight excluding hydrogens is 582 g/mol. The number of carbonyl (C=O) groups is 1. The molecule has 0 aromatic heterocycles. The monoisotopic (exact) mass is 598 g/mol. The van der Waals surface area contributed by atoms with Crippen LogP contribution in [0.3, 0.4) is 0 Å². The molecular formula is C29H18Cl4N2O2S. The second-order valence-electron chi connectivity index (χ2n) is 8.16. The SMILES string of the molecule is O=C1/C(=C/c2ccccc2OCc2ccc(Cl)cc2Cl)SC(=Nc2ccc(Cl)cc2)N1c1ccc(Cl)cc1. The lowest BCUT2D eigenvalue weighted by molar-refractivity contribution is -0.113. The molecule has 1 saturated heterocycles. The molecule has 1 amide bonds. The lowest BCUT2D eigenvalue weighted by atomic mass is 10.1. The molecule has 1 aliphatic heterocycles. The van der Waals surface area contributed by atoms with Crippen LogP contribution < -0.4 is 9.64 Å². The number of aliphatic imine (C=N–C) groups is 1. The maximum Gasteiger partial charge on any atom is 0.271 e. The zero-order valence-corrected chi connectivity index (χ0v) is 23.4. The molecule has 9 heteroatoms. The fourth-order valence-electron chi connectivity index (χ4n) is 3.66. The number of benzene rings is 4. The first kappa shape index (κ1) is 26.7. The molecule has 1 aliphatic rings. The maximum atomic E-state index is 13.6. The molecule has 0 saturated carbocycles. The highest BCUT2D eigenvalue weighted by Gasteiger charge is 2.35. The summed E-state index contributed by atoms with van der Waals surface area (Å²) >= 11 is 25.7. The minimum absolute atomic E-state index is 0.208. The van der Waals surface area contributed by atoms with Crippen LogP contribution >= 0.6 is 58.2 Å².